The highest BCUT2D eigenvalue weighted by molar-refractivity contribution is 5.92. The molecule has 0 radical (unpaired) electrons. The summed E-state index contributed by atoms with van der Waals surface area (Å²) >= 11 is 0. The van der Waals surface area contributed by atoms with Gasteiger partial charge in [0.05, 0.1) is 17.3 Å². The van der Waals surface area contributed by atoms with Gasteiger partial charge in [-0.15, -0.1) is 0 Å². The van der Waals surface area contributed by atoms with Crippen LogP contribution in [-0.4, -0.2) is 89.2 Å². The van der Waals surface area contributed by atoms with E-state index in [-0.39, 0.29) is 18.1 Å². The van der Waals surface area contributed by atoms with E-state index in [1.54, 1.807) is 0 Å². The SMILES string of the molecule is CC(=O)Nc1ccc2nc(CN3C[C@@H](O)[C@H](N4CCN(C)CC4)C3)ccc2c1. The number of aliphatic hydroxyl groups excluding tert-OH is 1. The number of likely N-dealkylation sites (tertiary alicyclic amines) is 1. The number of benzene rings is 1. The van der Waals surface area contributed by atoms with Gasteiger partial charge in [-0.25, -0.2) is 0 Å². The number of rotatable bonds is 4. The average molecular weight is 383 g/mol. The molecule has 4 rings (SSSR count). The van der Waals surface area contributed by atoms with Crippen LogP contribution in [0.2, 0.25) is 0 Å². The molecular weight excluding hydrogens is 354 g/mol. The number of aliphatic hydroxyl groups is 1. The van der Waals surface area contributed by atoms with Gasteiger partial charge in [-0.05, 0) is 31.3 Å². The van der Waals surface area contributed by atoms with E-state index in [0.29, 0.717) is 6.54 Å². The van der Waals surface area contributed by atoms with Crippen LogP contribution in [0.3, 0.4) is 0 Å². The van der Waals surface area contributed by atoms with Crippen molar-refractivity contribution in [2.24, 2.45) is 0 Å². The molecule has 0 aliphatic carbocycles. The summed E-state index contributed by atoms with van der Waals surface area (Å²) in [5.74, 6) is -0.0774. The summed E-state index contributed by atoms with van der Waals surface area (Å²) < 4.78 is 0. The minimum Gasteiger partial charge on any atom is -0.390 e. The van der Waals surface area contributed by atoms with Crippen LogP contribution in [0, 0.1) is 0 Å². The molecule has 2 aromatic rings. The largest absolute Gasteiger partial charge is 0.390 e. The number of piperazine rings is 1. The van der Waals surface area contributed by atoms with Crippen LogP contribution in [0.5, 0.6) is 0 Å². The fourth-order valence-corrected chi connectivity index (χ4v) is 4.25. The van der Waals surface area contributed by atoms with E-state index in [9.17, 15) is 9.90 Å². The number of amides is 1. The Morgan fingerprint density at radius 2 is 1.96 bits per heavy atom. The van der Waals surface area contributed by atoms with E-state index in [1.165, 1.54) is 6.92 Å². The Balaban J connectivity index is 1.41. The molecule has 2 atom stereocenters. The third-order valence-electron chi connectivity index (χ3n) is 5.79. The van der Waals surface area contributed by atoms with E-state index in [0.717, 1.165) is 61.6 Å². The van der Waals surface area contributed by atoms with Gasteiger partial charge < -0.3 is 15.3 Å². The van der Waals surface area contributed by atoms with Crippen molar-refractivity contribution in [3.63, 3.8) is 0 Å². The number of anilines is 1. The summed E-state index contributed by atoms with van der Waals surface area (Å²) in [5.41, 5.74) is 2.71. The van der Waals surface area contributed by atoms with Gasteiger partial charge in [0, 0.05) is 69.9 Å². The Morgan fingerprint density at radius 3 is 2.71 bits per heavy atom. The third-order valence-corrected chi connectivity index (χ3v) is 5.79. The van der Waals surface area contributed by atoms with E-state index in [1.807, 2.05) is 30.3 Å². The molecule has 0 saturated carbocycles. The van der Waals surface area contributed by atoms with Gasteiger partial charge in [0.25, 0.3) is 0 Å². The van der Waals surface area contributed by atoms with Crippen LogP contribution in [0.1, 0.15) is 12.6 Å². The lowest BCUT2D eigenvalue weighted by molar-refractivity contribution is -0.114. The molecule has 7 nitrogen and oxygen atoms in total. The first-order valence-corrected chi connectivity index (χ1v) is 9.98. The average Bonchev–Trinajstić information content (AvgIpc) is 3.02. The Hall–Kier alpha value is -2.06. The number of likely N-dealkylation sites (N-methyl/N-ethyl adjacent to an activating group) is 1. The number of nitrogens with one attached hydrogen (secondary N) is 1. The highest BCUT2D eigenvalue weighted by Gasteiger charge is 2.36. The van der Waals surface area contributed by atoms with Gasteiger partial charge in [0.15, 0.2) is 0 Å². The molecular formula is C21H29N5O2. The maximum Gasteiger partial charge on any atom is 0.221 e. The second-order valence-electron chi connectivity index (χ2n) is 8.06. The number of pyridine rings is 1. The topological polar surface area (TPSA) is 71.9 Å². The van der Waals surface area contributed by atoms with Gasteiger partial charge >= 0.3 is 0 Å². The summed E-state index contributed by atoms with van der Waals surface area (Å²) in [7, 11) is 2.15. The van der Waals surface area contributed by atoms with Crippen molar-refractivity contribution < 1.29 is 9.90 Å². The van der Waals surface area contributed by atoms with Crippen LogP contribution >= 0.6 is 0 Å². The quantitative estimate of drug-likeness (QED) is 0.820. The van der Waals surface area contributed by atoms with Crippen molar-refractivity contribution in [2.75, 3.05) is 51.6 Å². The lowest BCUT2D eigenvalue weighted by Crippen LogP contribution is -2.52. The second-order valence-corrected chi connectivity index (χ2v) is 8.06. The minimum atomic E-state index is -0.302. The van der Waals surface area contributed by atoms with Crippen LogP contribution in [0.15, 0.2) is 30.3 Å². The lowest BCUT2D eigenvalue weighted by atomic mass is 10.1. The molecule has 0 bridgehead atoms. The van der Waals surface area contributed by atoms with Crippen molar-refractivity contribution in [3.8, 4) is 0 Å². The molecule has 28 heavy (non-hydrogen) atoms. The van der Waals surface area contributed by atoms with Gasteiger partial charge in [0.2, 0.25) is 5.91 Å². The van der Waals surface area contributed by atoms with Crippen LogP contribution in [-0.2, 0) is 11.3 Å². The minimum absolute atomic E-state index is 0.0774. The third kappa shape index (κ3) is 4.33. The number of aromatic nitrogens is 1. The van der Waals surface area contributed by atoms with Crippen molar-refractivity contribution in [1.82, 2.24) is 19.7 Å². The zero-order chi connectivity index (χ0) is 19.7. The molecule has 2 N–H and O–H groups in total. The predicted molar refractivity (Wildman–Crippen MR) is 110 cm³/mol. The Kier molecular flexibility index (Phi) is 5.59. The predicted octanol–water partition coefficient (Wildman–Crippen LogP) is 0.986. The molecule has 2 saturated heterocycles. The number of β-amino-alcohol motifs (C(OH)–C–C–N with tert-alkyl or cyclic N) is 1. The number of hydrogen-bond acceptors (Lipinski definition) is 6. The maximum absolute atomic E-state index is 11.2. The molecule has 2 aliphatic rings. The summed E-state index contributed by atoms with van der Waals surface area (Å²) in [6.45, 7) is 8.00. The van der Waals surface area contributed by atoms with Crippen LogP contribution in [0.4, 0.5) is 5.69 Å². The normalized spacial score (nSPS) is 24.7. The zero-order valence-corrected chi connectivity index (χ0v) is 16.6. The summed E-state index contributed by atoms with van der Waals surface area (Å²) in [5, 5.41) is 14.4. The van der Waals surface area contributed by atoms with E-state index in [4.69, 9.17) is 4.98 Å². The van der Waals surface area contributed by atoms with Crippen LogP contribution < -0.4 is 5.32 Å². The monoisotopic (exact) mass is 383 g/mol. The fraction of sp³-hybridized carbons (Fsp3) is 0.524. The van der Waals surface area contributed by atoms with Gasteiger partial charge in [0.1, 0.15) is 0 Å². The molecule has 2 aliphatic heterocycles. The van der Waals surface area contributed by atoms with Crippen molar-refractivity contribution >= 4 is 22.5 Å². The molecule has 150 valence electrons. The summed E-state index contributed by atoms with van der Waals surface area (Å²) in [6, 6.07) is 10.1. The van der Waals surface area contributed by atoms with E-state index < -0.39 is 0 Å². The number of carbonyl (C=O) groups excluding carboxylic acids is 1. The maximum atomic E-state index is 11.2. The Labute approximate surface area is 165 Å². The van der Waals surface area contributed by atoms with Gasteiger partial charge in [-0.2, -0.15) is 0 Å². The summed E-state index contributed by atoms with van der Waals surface area (Å²) in [4.78, 5) is 23.1. The standard InChI is InChI=1S/C21H29N5O2/c1-15(27)22-17-5-6-19-16(11-17)3-4-18(23-19)12-25-13-20(21(28)14-25)26-9-7-24(2)8-10-26/h3-6,11,20-21,28H,7-10,12-14H2,1-2H3,(H,22,27)/t20-,21-/m1/s1. The van der Waals surface area contributed by atoms with E-state index >= 15 is 0 Å². The molecule has 3 heterocycles. The first-order chi connectivity index (χ1) is 13.5. The highest BCUT2D eigenvalue weighted by atomic mass is 16.3. The van der Waals surface area contributed by atoms with Crippen molar-refractivity contribution in [3.05, 3.63) is 36.0 Å². The second kappa shape index (κ2) is 8.13. The lowest BCUT2D eigenvalue weighted by Gasteiger charge is -2.37. The van der Waals surface area contributed by atoms with E-state index in [2.05, 4.69) is 27.1 Å². The highest BCUT2D eigenvalue weighted by Crippen LogP contribution is 2.22. The van der Waals surface area contributed by atoms with Gasteiger partial charge in [-0.3, -0.25) is 19.6 Å². The molecule has 2 fully saturated rings. The van der Waals surface area contributed by atoms with Gasteiger partial charge in [-0.1, -0.05) is 6.07 Å². The number of carbonyl (C=O) groups is 1. The van der Waals surface area contributed by atoms with Crippen molar-refractivity contribution in [2.45, 2.75) is 25.6 Å². The smallest absolute Gasteiger partial charge is 0.221 e. The summed E-state index contributed by atoms with van der Waals surface area (Å²) in [6.07, 6.45) is -0.302. The molecule has 1 amide bonds. The van der Waals surface area contributed by atoms with Crippen LogP contribution in [0.25, 0.3) is 10.9 Å². The number of fused-ring (bicyclic) bond motifs is 1. The molecule has 7 heteroatoms. The number of hydrogen-bond donors (Lipinski definition) is 2. The Morgan fingerprint density at radius 1 is 1.18 bits per heavy atom. The Bertz CT molecular complexity index is 850. The fourth-order valence-electron chi connectivity index (χ4n) is 4.25. The molecule has 0 unspecified atom stereocenters. The molecule has 1 aromatic heterocycles. The first-order valence-electron chi connectivity index (χ1n) is 9.98. The zero-order valence-electron chi connectivity index (χ0n) is 16.6. The number of nitrogens with zero attached hydrogens (tertiary/aromatic N) is 4. The molecule has 0 spiro atoms. The van der Waals surface area contributed by atoms with Crippen molar-refractivity contribution in [1.29, 1.82) is 0 Å². The first kappa shape index (κ1) is 19.3. The molecule has 1 aromatic carbocycles.